The minimum absolute atomic E-state index is 0.285. The van der Waals surface area contributed by atoms with Crippen molar-refractivity contribution >= 4 is 16.9 Å². The number of nitrogens with one attached hydrogen (secondary N) is 1. The molecule has 0 radical (unpaired) electrons. The Kier molecular flexibility index (Phi) is 4.41. The Morgan fingerprint density at radius 3 is 2.80 bits per heavy atom. The molecule has 1 aliphatic rings. The van der Waals surface area contributed by atoms with Crippen LogP contribution < -0.4 is 5.32 Å². The van der Waals surface area contributed by atoms with Crippen molar-refractivity contribution in [3.05, 3.63) is 48.1 Å². The Bertz CT molecular complexity index is 901. The number of allylic oxidation sites excluding steroid dienone is 1. The number of rotatable bonds is 5. The number of aromatic nitrogens is 3. The second kappa shape index (κ2) is 7.01. The highest BCUT2D eigenvalue weighted by atomic mass is 19.1. The molecule has 0 saturated heterocycles. The van der Waals surface area contributed by atoms with Gasteiger partial charge in [-0.1, -0.05) is 16.8 Å². The Labute approximate surface area is 145 Å². The van der Waals surface area contributed by atoms with Crippen LogP contribution >= 0.6 is 0 Å². The molecule has 5 nitrogen and oxygen atoms in total. The van der Waals surface area contributed by atoms with Crippen LogP contribution in [0.15, 0.2) is 46.8 Å². The summed E-state index contributed by atoms with van der Waals surface area (Å²) < 4.78 is 18.5. The summed E-state index contributed by atoms with van der Waals surface area (Å²) >= 11 is 0. The average Bonchev–Trinajstić information content (AvgIpc) is 3.08. The molecule has 0 aliphatic heterocycles. The predicted octanol–water partition coefficient (Wildman–Crippen LogP) is 4.73. The lowest BCUT2D eigenvalue weighted by Crippen LogP contribution is -2.06. The quantitative estimate of drug-likeness (QED) is 0.682. The average molecular weight is 338 g/mol. The van der Waals surface area contributed by atoms with Crippen molar-refractivity contribution in [1.82, 2.24) is 15.1 Å². The number of fused-ring (bicyclic) bond motifs is 1. The molecule has 0 amide bonds. The van der Waals surface area contributed by atoms with E-state index in [1.54, 1.807) is 12.1 Å². The van der Waals surface area contributed by atoms with E-state index in [0.717, 1.165) is 23.9 Å². The van der Waals surface area contributed by atoms with Crippen molar-refractivity contribution in [3.8, 4) is 11.3 Å². The molecule has 2 aromatic heterocycles. The monoisotopic (exact) mass is 338 g/mol. The van der Waals surface area contributed by atoms with E-state index in [1.807, 2.05) is 0 Å². The van der Waals surface area contributed by atoms with Gasteiger partial charge >= 0.3 is 0 Å². The standard InChI is InChI=1S/C19H19FN4O/c20-15-8-6-14(7-9-15)17-16-18(22-12-23-19(16)25-24-17)21-11-10-13-4-2-1-3-5-13/h4,6-9,12H,1-3,5,10-11H2,(H,21,22,23). The van der Waals surface area contributed by atoms with Crippen LogP contribution in [0.25, 0.3) is 22.4 Å². The third-order valence-corrected chi connectivity index (χ3v) is 4.51. The highest BCUT2D eigenvalue weighted by Gasteiger charge is 2.16. The number of halogens is 1. The Morgan fingerprint density at radius 1 is 1.12 bits per heavy atom. The fourth-order valence-corrected chi connectivity index (χ4v) is 3.20. The van der Waals surface area contributed by atoms with Crippen LogP contribution in [0.2, 0.25) is 0 Å². The summed E-state index contributed by atoms with van der Waals surface area (Å²) in [5, 5.41) is 8.21. The maximum Gasteiger partial charge on any atom is 0.263 e. The van der Waals surface area contributed by atoms with Crippen LogP contribution in [0, 0.1) is 5.82 Å². The molecule has 128 valence electrons. The van der Waals surface area contributed by atoms with E-state index in [9.17, 15) is 4.39 Å². The molecule has 4 rings (SSSR count). The summed E-state index contributed by atoms with van der Waals surface area (Å²) in [7, 11) is 0. The van der Waals surface area contributed by atoms with Gasteiger partial charge in [0.05, 0.1) is 0 Å². The molecule has 0 bridgehead atoms. The zero-order chi connectivity index (χ0) is 17.1. The van der Waals surface area contributed by atoms with Gasteiger partial charge in [-0.15, -0.1) is 0 Å². The number of anilines is 1. The molecule has 0 saturated carbocycles. The van der Waals surface area contributed by atoms with Gasteiger partial charge in [-0.25, -0.2) is 9.37 Å². The highest BCUT2D eigenvalue weighted by molar-refractivity contribution is 5.97. The molecule has 1 aliphatic carbocycles. The first-order chi connectivity index (χ1) is 12.3. The van der Waals surface area contributed by atoms with E-state index in [-0.39, 0.29) is 5.82 Å². The summed E-state index contributed by atoms with van der Waals surface area (Å²) in [6.45, 7) is 0.798. The zero-order valence-corrected chi connectivity index (χ0v) is 13.8. The molecule has 2 heterocycles. The molecule has 1 N–H and O–H groups in total. The van der Waals surface area contributed by atoms with Crippen LogP contribution in [-0.2, 0) is 0 Å². The smallest absolute Gasteiger partial charge is 0.263 e. The molecule has 1 aromatic carbocycles. The molecule has 6 heteroatoms. The van der Waals surface area contributed by atoms with E-state index < -0.39 is 0 Å². The predicted molar refractivity (Wildman–Crippen MR) is 94.7 cm³/mol. The second-order valence-electron chi connectivity index (χ2n) is 6.23. The molecule has 0 unspecified atom stereocenters. The first-order valence-corrected chi connectivity index (χ1v) is 8.59. The topological polar surface area (TPSA) is 63.8 Å². The molecular weight excluding hydrogens is 319 g/mol. The van der Waals surface area contributed by atoms with Crippen LogP contribution in [0.3, 0.4) is 0 Å². The highest BCUT2D eigenvalue weighted by Crippen LogP contribution is 2.31. The van der Waals surface area contributed by atoms with E-state index in [0.29, 0.717) is 17.2 Å². The van der Waals surface area contributed by atoms with Crippen molar-refractivity contribution < 1.29 is 8.91 Å². The van der Waals surface area contributed by atoms with Gasteiger partial charge in [0.25, 0.3) is 5.71 Å². The minimum Gasteiger partial charge on any atom is -0.369 e. The van der Waals surface area contributed by atoms with Gasteiger partial charge in [-0.3, -0.25) is 0 Å². The van der Waals surface area contributed by atoms with Gasteiger partial charge in [0.1, 0.15) is 29.0 Å². The number of hydrogen-bond acceptors (Lipinski definition) is 5. The van der Waals surface area contributed by atoms with Gasteiger partial charge in [0, 0.05) is 12.1 Å². The van der Waals surface area contributed by atoms with E-state index >= 15 is 0 Å². The van der Waals surface area contributed by atoms with Crippen LogP contribution in [0.4, 0.5) is 10.2 Å². The summed E-state index contributed by atoms with van der Waals surface area (Å²) in [5.41, 5.74) is 3.32. The van der Waals surface area contributed by atoms with Crippen molar-refractivity contribution in [1.29, 1.82) is 0 Å². The number of hydrogen-bond donors (Lipinski definition) is 1. The lowest BCUT2D eigenvalue weighted by Gasteiger charge is -2.13. The number of nitrogens with zero attached hydrogens (tertiary/aromatic N) is 3. The van der Waals surface area contributed by atoms with E-state index in [4.69, 9.17) is 4.52 Å². The van der Waals surface area contributed by atoms with Crippen molar-refractivity contribution in [2.45, 2.75) is 32.1 Å². The normalized spacial score (nSPS) is 14.5. The number of benzene rings is 1. The molecular formula is C19H19FN4O. The lowest BCUT2D eigenvalue weighted by atomic mass is 9.97. The summed E-state index contributed by atoms with van der Waals surface area (Å²) in [6, 6.07) is 6.16. The first-order valence-electron chi connectivity index (χ1n) is 8.59. The van der Waals surface area contributed by atoms with Gasteiger partial charge in [0.15, 0.2) is 0 Å². The van der Waals surface area contributed by atoms with Crippen LogP contribution in [-0.4, -0.2) is 21.7 Å². The summed E-state index contributed by atoms with van der Waals surface area (Å²) in [6.07, 6.45) is 9.77. The van der Waals surface area contributed by atoms with Gasteiger partial charge in [0.2, 0.25) is 0 Å². The third kappa shape index (κ3) is 3.38. The fraction of sp³-hybridized carbons (Fsp3) is 0.316. The van der Waals surface area contributed by atoms with Gasteiger partial charge in [-0.2, -0.15) is 4.98 Å². The van der Waals surface area contributed by atoms with Crippen molar-refractivity contribution in [2.75, 3.05) is 11.9 Å². The Balaban J connectivity index is 1.59. The molecule has 0 spiro atoms. The summed E-state index contributed by atoms with van der Waals surface area (Å²) in [4.78, 5) is 8.49. The van der Waals surface area contributed by atoms with Crippen LogP contribution in [0.1, 0.15) is 32.1 Å². The fourth-order valence-electron chi connectivity index (χ4n) is 3.20. The zero-order valence-electron chi connectivity index (χ0n) is 13.8. The maximum atomic E-state index is 13.2. The van der Waals surface area contributed by atoms with Gasteiger partial charge < -0.3 is 9.84 Å². The SMILES string of the molecule is Fc1ccc(-c2noc3ncnc(NCCC4=CCCCC4)c23)cc1. The van der Waals surface area contributed by atoms with Crippen molar-refractivity contribution in [3.63, 3.8) is 0 Å². The molecule has 25 heavy (non-hydrogen) atoms. The maximum absolute atomic E-state index is 13.2. The Morgan fingerprint density at radius 2 is 2.00 bits per heavy atom. The third-order valence-electron chi connectivity index (χ3n) is 4.51. The molecule has 0 atom stereocenters. The first kappa shape index (κ1) is 15.7. The van der Waals surface area contributed by atoms with E-state index in [2.05, 4.69) is 26.5 Å². The molecule has 0 fully saturated rings. The Hall–Kier alpha value is -2.76. The second-order valence-corrected chi connectivity index (χ2v) is 6.23. The largest absolute Gasteiger partial charge is 0.369 e. The van der Waals surface area contributed by atoms with Crippen LogP contribution in [0.5, 0.6) is 0 Å². The lowest BCUT2D eigenvalue weighted by molar-refractivity contribution is 0.451. The van der Waals surface area contributed by atoms with Crippen molar-refractivity contribution in [2.24, 2.45) is 0 Å². The minimum atomic E-state index is -0.285. The summed E-state index contributed by atoms with van der Waals surface area (Å²) in [5.74, 6) is 0.411. The molecule has 3 aromatic rings. The van der Waals surface area contributed by atoms with Gasteiger partial charge in [-0.05, 0) is 56.4 Å². The van der Waals surface area contributed by atoms with E-state index in [1.165, 1.54) is 49.7 Å².